The molecule has 0 radical (unpaired) electrons. The summed E-state index contributed by atoms with van der Waals surface area (Å²) in [4.78, 5) is 0. The summed E-state index contributed by atoms with van der Waals surface area (Å²) in [7, 11) is 0. The second kappa shape index (κ2) is 9.03. The molecular formula is C36H36Ge. The van der Waals surface area contributed by atoms with Gasteiger partial charge in [0.05, 0.1) is 0 Å². The van der Waals surface area contributed by atoms with E-state index in [2.05, 4.69) is 136 Å². The Morgan fingerprint density at radius 2 is 0.865 bits per heavy atom. The fourth-order valence-electron chi connectivity index (χ4n) is 7.00. The van der Waals surface area contributed by atoms with Crippen LogP contribution in [0.5, 0.6) is 0 Å². The summed E-state index contributed by atoms with van der Waals surface area (Å²) in [6, 6.07) is 36.3. The molecule has 2 atom stereocenters. The second-order valence-electron chi connectivity index (χ2n) is 11.5. The maximum atomic E-state index is 2.62. The SMILES string of the molecule is CC1=C(c2ccccc2)c2ccc[c]([Ge]([CH3])([CH3])[c]3cccc4c3C(C)C(C)=C4c3ccccc3)c2C1C. The van der Waals surface area contributed by atoms with Gasteiger partial charge in [-0.25, -0.2) is 0 Å². The molecular weight excluding hydrogens is 505 g/mol. The molecule has 2 aliphatic rings. The Kier molecular flexibility index (Phi) is 5.92. The molecule has 0 saturated carbocycles. The average Bonchev–Trinajstić information content (AvgIpc) is 3.33. The number of fused-ring (bicyclic) bond motifs is 2. The topological polar surface area (TPSA) is 0 Å². The van der Waals surface area contributed by atoms with E-state index in [4.69, 9.17) is 0 Å². The van der Waals surface area contributed by atoms with Crippen LogP contribution < -0.4 is 8.79 Å². The summed E-state index contributed by atoms with van der Waals surface area (Å²) in [6.45, 7) is 9.53. The zero-order chi connectivity index (χ0) is 25.9. The molecule has 37 heavy (non-hydrogen) atoms. The zero-order valence-electron chi connectivity index (χ0n) is 22.9. The van der Waals surface area contributed by atoms with Crippen molar-refractivity contribution in [2.75, 3.05) is 0 Å². The number of allylic oxidation sites excluding steroid dienone is 2. The Bertz CT molecular complexity index is 1450. The normalized spacial score (nSPS) is 18.9. The Labute approximate surface area is 225 Å². The van der Waals surface area contributed by atoms with Gasteiger partial charge in [0.15, 0.2) is 0 Å². The van der Waals surface area contributed by atoms with E-state index in [9.17, 15) is 0 Å². The third kappa shape index (κ3) is 3.64. The molecule has 6 rings (SSSR count). The molecule has 4 aromatic rings. The summed E-state index contributed by atoms with van der Waals surface area (Å²) < 4.78 is 3.28. The van der Waals surface area contributed by atoms with Crippen LogP contribution in [-0.2, 0) is 0 Å². The molecule has 0 aromatic heterocycles. The van der Waals surface area contributed by atoms with Crippen LogP contribution in [-0.4, -0.2) is 13.3 Å². The van der Waals surface area contributed by atoms with Gasteiger partial charge in [-0.3, -0.25) is 0 Å². The standard InChI is InChI=1S/C36H36Ge/c1-23-25(3)35-29(33(23)27-15-9-7-10-16-27)19-13-21-31(35)37(5,6)32-22-14-20-30-34(24(2)26(4)36(30)32)28-17-11-8-12-18-28/h7-22,25-26H,1-6H3. The summed E-state index contributed by atoms with van der Waals surface area (Å²) in [5.74, 6) is 6.13. The summed E-state index contributed by atoms with van der Waals surface area (Å²) in [5, 5.41) is 0. The Hall–Kier alpha value is -3.10. The number of hydrogen-bond acceptors (Lipinski definition) is 0. The van der Waals surface area contributed by atoms with Crippen molar-refractivity contribution < 1.29 is 0 Å². The van der Waals surface area contributed by atoms with Gasteiger partial charge in [0.25, 0.3) is 0 Å². The third-order valence-corrected chi connectivity index (χ3v) is 16.7. The van der Waals surface area contributed by atoms with Gasteiger partial charge in [-0.05, 0) is 0 Å². The minimum atomic E-state index is -2.69. The molecule has 0 bridgehead atoms. The third-order valence-electron chi connectivity index (χ3n) is 9.18. The Morgan fingerprint density at radius 1 is 0.486 bits per heavy atom. The van der Waals surface area contributed by atoms with Crippen LogP contribution >= 0.6 is 0 Å². The maximum absolute atomic E-state index is 2.69. The molecule has 0 fully saturated rings. The van der Waals surface area contributed by atoms with Crippen LogP contribution in [0, 0.1) is 0 Å². The quantitative estimate of drug-likeness (QED) is 0.228. The predicted octanol–water partition coefficient (Wildman–Crippen LogP) is 8.39. The molecule has 0 spiro atoms. The van der Waals surface area contributed by atoms with Crippen LogP contribution in [0.25, 0.3) is 11.1 Å². The molecule has 0 saturated heterocycles. The van der Waals surface area contributed by atoms with Crippen molar-refractivity contribution in [1.29, 1.82) is 0 Å². The van der Waals surface area contributed by atoms with Gasteiger partial charge in [0.1, 0.15) is 0 Å². The molecule has 1 heteroatoms. The molecule has 2 aliphatic carbocycles. The van der Waals surface area contributed by atoms with Crippen LogP contribution in [0.15, 0.2) is 108 Å². The molecule has 0 heterocycles. The fraction of sp³-hybridized carbons (Fsp3) is 0.222. The van der Waals surface area contributed by atoms with Gasteiger partial charge in [0.2, 0.25) is 0 Å². The van der Waals surface area contributed by atoms with Crippen LogP contribution in [0.2, 0.25) is 11.5 Å². The predicted molar refractivity (Wildman–Crippen MR) is 163 cm³/mol. The number of benzene rings is 4. The number of rotatable bonds is 4. The molecule has 184 valence electrons. The van der Waals surface area contributed by atoms with Crippen molar-refractivity contribution in [3.05, 3.63) is 142 Å². The van der Waals surface area contributed by atoms with E-state index in [0.717, 1.165) is 0 Å². The summed E-state index contributed by atoms with van der Waals surface area (Å²) in [6.07, 6.45) is 0. The van der Waals surface area contributed by atoms with E-state index in [0.29, 0.717) is 11.8 Å². The van der Waals surface area contributed by atoms with E-state index in [1.807, 2.05) is 0 Å². The van der Waals surface area contributed by atoms with Gasteiger partial charge in [-0.2, -0.15) is 0 Å². The van der Waals surface area contributed by atoms with E-state index in [-0.39, 0.29) is 0 Å². The van der Waals surface area contributed by atoms with Crippen molar-refractivity contribution in [2.24, 2.45) is 0 Å². The van der Waals surface area contributed by atoms with Crippen molar-refractivity contribution in [2.45, 2.75) is 51.0 Å². The van der Waals surface area contributed by atoms with E-state index in [1.54, 1.807) is 19.9 Å². The van der Waals surface area contributed by atoms with Crippen molar-refractivity contribution in [3.63, 3.8) is 0 Å². The zero-order valence-corrected chi connectivity index (χ0v) is 25.0. The van der Waals surface area contributed by atoms with Crippen molar-refractivity contribution in [1.82, 2.24) is 0 Å². The van der Waals surface area contributed by atoms with E-state index < -0.39 is 13.3 Å². The summed E-state index contributed by atoms with van der Waals surface area (Å²) >= 11 is -2.69. The fourth-order valence-corrected chi connectivity index (χ4v) is 14.1. The summed E-state index contributed by atoms with van der Waals surface area (Å²) in [5.41, 5.74) is 14.6. The first-order valence-corrected chi connectivity index (χ1v) is 19.9. The van der Waals surface area contributed by atoms with E-state index >= 15 is 0 Å². The first-order chi connectivity index (χ1) is 17.8. The minimum absolute atomic E-state index is 0.445. The monoisotopic (exact) mass is 542 g/mol. The van der Waals surface area contributed by atoms with Gasteiger partial charge in [-0.15, -0.1) is 0 Å². The Morgan fingerprint density at radius 3 is 1.24 bits per heavy atom. The van der Waals surface area contributed by atoms with Gasteiger partial charge >= 0.3 is 226 Å². The van der Waals surface area contributed by atoms with Gasteiger partial charge in [-0.1, -0.05) is 0 Å². The molecule has 4 aromatic carbocycles. The second-order valence-corrected chi connectivity index (χ2v) is 20.5. The molecule has 0 aliphatic heterocycles. The van der Waals surface area contributed by atoms with Gasteiger partial charge in [0, 0.05) is 0 Å². The van der Waals surface area contributed by atoms with Crippen molar-refractivity contribution in [3.8, 4) is 0 Å². The Balaban J connectivity index is 1.52. The molecule has 2 unspecified atom stereocenters. The van der Waals surface area contributed by atoms with Crippen LogP contribution in [0.1, 0.15) is 72.9 Å². The first-order valence-electron chi connectivity index (χ1n) is 13.6. The average molecular weight is 541 g/mol. The molecule has 0 N–H and O–H groups in total. The molecule has 0 amide bonds. The number of hydrogen-bond donors (Lipinski definition) is 0. The van der Waals surface area contributed by atoms with Crippen LogP contribution in [0.4, 0.5) is 0 Å². The van der Waals surface area contributed by atoms with Crippen molar-refractivity contribution >= 4 is 33.2 Å². The van der Waals surface area contributed by atoms with E-state index in [1.165, 1.54) is 44.5 Å². The van der Waals surface area contributed by atoms with Gasteiger partial charge < -0.3 is 0 Å². The molecule has 0 nitrogen and oxygen atoms in total. The first kappa shape index (κ1) is 24.3. The van der Waals surface area contributed by atoms with Crippen LogP contribution in [0.3, 0.4) is 0 Å².